The van der Waals surface area contributed by atoms with Crippen LogP contribution in [-0.2, 0) is 14.3 Å². The SMILES string of the molecule is CCCC(CC)OC(=O)CCCNC(=O)OC(C)(C)C. The molecule has 118 valence electrons. The Morgan fingerprint density at radius 2 is 1.85 bits per heavy atom. The maximum Gasteiger partial charge on any atom is 0.407 e. The smallest absolute Gasteiger partial charge is 0.407 e. The molecule has 0 bridgehead atoms. The Hall–Kier alpha value is -1.26. The largest absolute Gasteiger partial charge is 0.462 e. The minimum Gasteiger partial charge on any atom is -0.462 e. The maximum absolute atomic E-state index is 11.6. The van der Waals surface area contributed by atoms with E-state index < -0.39 is 11.7 Å². The predicted molar refractivity (Wildman–Crippen MR) is 78.5 cm³/mol. The van der Waals surface area contributed by atoms with Crippen molar-refractivity contribution in [2.24, 2.45) is 0 Å². The minimum atomic E-state index is -0.502. The maximum atomic E-state index is 11.6. The van der Waals surface area contributed by atoms with E-state index >= 15 is 0 Å². The third kappa shape index (κ3) is 10.6. The highest BCUT2D eigenvalue weighted by molar-refractivity contribution is 5.70. The monoisotopic (exact) mass is 287 g/mol. The van der Waals surface area contributed by atoms with Gasteiger partial charge in [-0.15, -0.1) is 0 Å². The van der Waals surface area contributed by atoms with Crippen molar-refractivity contribution in [3.8, 4) is 0 Å². The van der Waals surface area contributed by atoms with E-state index in [0.29, 0.717) is 19.4 Å². The molecule has 0 saturated carbocycles. The second-order valence-electron chi connectivity index (χ2n) is 5.84. The summed E-state index contributed by atoms with van der Waals surface area (Å²) in [7, 11) is 0. The van der Waals surface area contributed by atoms with Gasteiger partial charge in [0.2, 0.25) is 0 Å². The third-order valence-electron chi connectivity index (χ3n) is 2.59. The summed E-state index contributed by atoms with van der Waals surface area (Å²) < 4.78 is 10.4. The van der Waals surface area contributed by atoms with Crippen LogP contribution in [0.25, 0.3) is 0 Å². The van der Waals surface area contributed by atoms with Crippen molar-refractivity contribution in [3.05, 3.63) is 0 Å². The Kier molecular flexibility index (Phi) is 9.01. The number of hydrogen-bond acceptors (Lipinski definition) is 4. The fraction of sp³-hybridized carbons (Fsp3) is 0.867. The summed E-state index contributed by atoms with van der Waals surface area (Å²) >= 11 is 0. The quantitative estimate of drug-likeness (QED) is 0.549. The van der Waals surface area contributed by atoms with Crippen molar-refractivity contribution >= 4 is 12.1 Å². The molecule has 0 rings (SSSR count). The van der Waals surface area contributed by atoms with Crippen molar-refractivity contribution in [3.63, 3.8) is 0 Å². The molecule has 5 nitrogen and oxygen atoms in total. The van der Waals surface area contributed by atoms with Gasteiger partial charge in [0.25, 0.3) is 0 Å². The normalized spacial score (nSPS) is 12.7. The molecule has 1 atom stereocenters. The van der Waals surface area contributed by atoms with E-state index in [1.807, 2.05) is 27.7 Å². The van der Waals surface area contributed by atoms with Gasteiger partial charge in [-0.25, -0.2) is 4.79 Å². The van der Waals surface area contributed by atoms with Crippen LogP contribution in [0.3, 0.4) is 0 Å². The van der Waals surface area contributed by atoms with Crippen LogP contribution in [0.4, 0.5) is 4.79 Å². The number of hydrogen-bond donors (Lipinski definition) is 1. The minimum absolute atomic E-state index is 0.0197. The predicted octanol–water partition coefficient (Wildman–Crippen LogP) is 3.41. The van der Waals surface area contributed by atoms with Crippen LogP contribution in [-0.4, -0.2) is 30.3 Å². The Labute approximate surface area is 122 Å². The van der Waals surface area contributed by atoms with Crippen LogP contribution in [0.1, 0.15) is 66.7 Å². The second-order valence-corrected chi connectivity index (χ2v) is 5.84. The van der Waals surface area contributed by atoms with Crippen molar-refractivity contribution in [1.82, 2.24) is 5.32 Å². The van der Waals surface area contributed by atoms with E-state index in [-0.39, 0.29) is 12.1 Å². The standard InChI is InChI=1S/C15H29NO4/c1-6-9-12(7-2)19-13(17)10-8-11-16-14(18)20-15(3,4)5/h12H,6-11H2,1-5H3,(H,16,18). The van der Waals surface area contributed by atoms with E-state index in [4.69, 9.17) is 9.47 Å². The molecule has 0 aliphatic heterocycles. The summed E-state index contributed by atoms with van der Waals surface area (Å²) in [5, 5.41) is 2.62. The molecule has 1 N–H and O–H groups in total. The van der Waals surface area contributed by atoms with Crippen LogP contribution in [0, 0.1) is 0 Å². The lowest BCUT2D eigenvalue weighted by molar-refractivity contribution is -0.149. The molecule has 0 aromatic rings. The lowest BCUT2D eigenvalue weighted by Crippen LogP contribution is -2.33. The van der Waals surface area contributed by atoms with Gasteiger partial charge in [0.05, 0.1) is 0 Å². The number of carbonyl (C=O) groups is 2. The topological polar surface area (TPSA) is 64.6 Å². The van der Waals surface area contributed by atoms with Gasteiger partial charge >= 0.3 is 12.1 Å². The number of nitrogens with one attached hydrogen (secondary N) is 1. The van der Waals surface area contributed by atoms with Gasteiger partial charge in [-0.05, 0) is 40.0 Å². The lowest BCUT2D eigenvalue weighted by Gasteiger charge is -2.19. The van der Waals surface area contributed by atoms with Crippen LogP contribution < -0.4 is 5.32 Å². The second kappa shape index (κ2) is 9.61. The summed E-state index contributed by atoms with van der Waals surface area (Å²) in [5.74, 6) is -0.198. The molecule has 0 aromatic carbocycles. The zero-order valence-corrected chi connectivity index (χ0v) is 13.5. The summed E-state index contributed by atoms with van der Waals surface area (Å²) in [4.78, 5) is 23.0. The molecule has 0 spiro atoms. The number of alkyl carbamates (subject to hydrolysis) is 1. The number of amides is 1. The van der Waals surface area contributed by atoms with E-state index in [2.05, 4.69) is 12.2 Å². The number of carbonyl (C=O) groups excluding carboxylic acids is 2. The average Bonchev–Trinajstić information content (AvgIpc) is 2.32. The zero-order chi connectivity index (χ0) is 15.6. The van der Waals surface area contributed by atoms with Gasteiger partial charge in [-0.2, -0.15) is 0 Å². The molecule has 5 heteroatoms. The third-order valence-corrected chi connectivity index (χ3v) is 2.59. The Morgan fingerprint density at radius 1 is 1.20 bits per heavy atom. The zero-order valence-electron chi connectivity index (χ0n) is 13.5. The molecule has 0 aliphatic rings. The molecule has 20 heavy (non-hydrogen) atoms. The van der Waals surface area contributed by atoms with Gasteiger partial charge in [-0.3, -0.25) is 4.79 Å². The summed E-state index contributed by atoms with van der Waals surface area (Å²) in [6.45, 7) is 9.92. The highest BCUT2D eigenvalue weighted by Gasteiger charge is 2.16. The molecule has 0 heterocycles. The highest BCUT2D eigenvalue weighted by atomic mass is 16.6. The molecule has 0 aromatic heterocycles. The lowest BCUT2D eigenvalue weighted by atomic mass is 10.1. The average molecular weight is 287 g/mol. The van der Waals surface area contributed by atoms with Crippen molar-refractivity contribution in [1.29, 1.82) is 0 Å². The van der Waals surface area contributed by atoms with Crippen LogP contribution >= 0.6 is 0 Å². The van der Waals surface area contributed by atoms with Crippen molar-refractivity contribution in [2.45, 2.75) is 78.4 Å². The molecular formula is C15H29NO4. The number of ether oxygens (including phenoxy) is 2. The van der Waals surface area contributed by atoms with Crippen LogP contribution in [0.15, 0.2) is 0 Å². The van der Waals surface area contributed by atoms with Crippen molar-refractivity contribution in [2.75, 3.05) is 6.54 Å². The molecular weight excluding hydrogens is 258 g/mol. The van der Waals surface area contributed by atoms with Gasteiger partial charge in [-0.1, -0.05) is 20.3 Å². The molecule has 0 radical (unpaired) electrons. The van der Waals surface area contributed by atoms with Gasteiger partial charge in [0.1, 0.15) is 11.7 Å². The van der Waals surface area contributed by atoms with Crippen LogP contribution in [0.2, 0.25) is 0 Å². The molecule has 1 unspecified atom stereocenters. The van der Waals surface area contributed by atoms with Gasteiger partial charge in [0.15, 0.2) is 0 Å². The first-order chi connectivity index (χ1) is 9.28. The Morgan fingerprint density at radius 3 is 2.35 bits per heavy atom. The van der Waals surface area contributed by atoms with E-state index in [1.54, 1.807) is 0 Å². The summed E-state index contributed by atoms with van der Waals surface area (Å²) in [5.41, 5.74) is -0.502. The summed E-state index contributed by atoms with van der Waals surface area (Å²) in [6.07, 6.45) is 3.19. The molecule has 0 aliphatic carbocycles. The Bertz CT molecular complexity index is 297. The first kappa shape index (κ1) is 18.7. The van der Waals surface area contributed by atoms with Gasteiger partial charge in [0, 0.05) is 13.0 Å². The molecule has 0 saturated heterocycles. The van der Waals surface area contributed by atoms with E-state index in [0.717, 1.165) is 19.3 Å². The fourth-order valence-corrected chi connectivity index (χ4v) is 1.65. The van der Waals surface area contributed by atoms with Gasteiger partial charge < -0.3 is 14.8 Å². The van der Waals surface area contributed by atoms with E-state index in [9.17, 15) is 9.59 Å². The molecule has 0 fully saturated rings. The van der Waals surface area contributed by atoms with Crippen LogP contribution in [0.5, 0.6) is 0 Å². The number of rotatable bonds is 8. The highest BCUT2D eigenvalue weighted by Crippen LogP contribution is 2.08. The fourth-order valence-electron chi connectivity index (χ4n) is 1.65. The van der Waals surface area contributed by atoms with Crippen molar-refractivity contribution < 1.29 is 19.1 Å². The summed E-state index contributed by atoms with van der Waals surface area (Å²) in [6, 6.07) is 0. The first-order valence-electron chi connectivity index (χ1n) is 7.44. The first-order valence-corrected chi connectivity index (χ1v) is 7.44. The Balaban J connectivity index is 3.74. The number of esters is 1. The molecule has 1 amide bonds. The van der Waals surface area contributed by atoms with E-state index in [1.165, 1.54) is 0 Å².